The summed E-state index contributed by atoms with van der Waals surface area (Å²) in [6.07, 6.45) is 2.92. The monoisotopic (exact) mass is 263 g/mol. The van der Waals surface area contributed by atoms with Crippen LogP contribution < -0.4 is 5.32 Å². The Balaban J connectivity index is 2.66. The van der Waals surface area contributed by atoms with E-state index in [1.165, 1.54) is 18.2 Å². The van der Waals surface area contributed by atoms with Gasteiger partial charge in [-0.05, 0) is 25.8 Å². The van der Waals surface area contributed by atoms with Gasteiger partial charge in [0, 0.05) is 6.04 Å². The van der Waals surface area contributed by atoms with Crippen molar-refractivity contribution in [3.63, 3.8) is 0 Å². The number of unbranched alkanes of at least 4 members (excludes halogenated alkanes) is 1. The molecule has 0 amide bonds. The lowest BCUT2D eigenvalue weighted by molar-refractivity contribution is -0.143. The van der Waals surface area contributed by atoms with Crippen LogP contribution in [0.2, 0.25) is 0 Å². The van der Waals surface area contributed by atoms with E-state index in [9.17, 15) is 4.79 Å². The molecule has 0 saturated carbocycles. The number of rotatable bonds is 7. The molecule has 1 unspecified atom stereocenters. The lowest BCUT2D eigenvalue weighted by Gasteiger charge is -2.21. The van der Waals surface area contributed by atoms with Gasteiger partial charge in [0.15, 0.2) is 0 Å². The van der Waals surface area contributed by atoms with Gasteiger partial charge in [0.25, 0.3) is 0 Å². The van der Waals surface area contributed by atoms with Crippen LogP contribution in [0, 0.1) is 6.92 Å². The van der Waals surface area contributed by atoms with Gasteiger partial charge in [0.2, 0.25) is 0 Å². The summed E-state index contributed by atoms with van der Waals surface area (Å²) < 4.78 is 4.86. The van der Waals surface area contributed by atoms with Crippen LogP contribution in [0.3, 0.4) is 0 Å². The van der Waals surface area contributed by atoms with Crippen LogP contribution in [-0.2, 0) is 9.53 Å². The molecule has 0 heterocycles. The number of hydrogen-bond donors (Lipinski definition) is 1. The van der Waals surface area contributed by atoms with Crippen molar-refractivity contribution < 1.29 is 9.53 Å². The Labute approximate surface area is 116 Å². The molecule has 1 rings (SSSR count). The third-order valence-corrected chi connectivity index (χ3v) is 3.36. The number of carbonyl (C=O) groups excluding carboxylic acids is 1. The van der Waals surface area contributed by atoms with Crippen LogP contribution >= 0.6 is 0 Å². The number of esters is 1. The normalized spacial score (nSPS) is 13.9. The minimum absolute atomic E-state index is 0.140. The first kappa shape index (κ1) is 15.7. The zero-order valence-corrected chi connectivity index (χ0v) is 12.4. The summed E-state index contributed by atoms with van der Waals surface area (Å²) in [5, 5.41) is 3.36. The maximum absolute atomic E-state index is 11.8. The minimum Gasteiger partial charge on any atom is -0.468 e. The first-order valence-corrected chi connectivity index (χ1v) is 6.99. The number of aryl methyl sites for hydroxylation is 1. The van der Waals surface area contributed by atoms with Gasteiger partial charge in [-0.3, -0.25) is 10.1 Å². The summed E-state index contributed by atoms with van der Waals surface area (Å²) in [5.74, 6) is -0.174. The van der Waals surface area contributed by atoms with Crippen molar-refractivity contribution in [3.05, 3.63) is 35.4 Å². The molecule has 0 saturated heterocycles. The average Bonchev–Trinajstić information content (AvgIpc) is 2.43. The van der Waals surface area contributed by atoms with Gasteiger partial charge in [-0.25, -0.2) is 0 Å². The second-order valence-corrected chi connectivity index (χ2v) is 5.02. The Morgan fingerprint density at radius 1 is 1.32 bits per heavy atom. The Morgan fingerprint density at radius 3 is 2.47 bits per heavy atom. The van der Waals surface area contributed by atoms with E-state index in [0.29, 0.717) is 0 Å². The van der Waals surface area contributed by atoms with Crippen molar-refractivity contribution in [2.24, 2.45) is 0 Å². The summed E-state index contributed by atoms with van der Waals surface area (Å²) >= 11 is 0. The van der Waals surface area contributed by atoms with Crippen molar-refractivity contribution >= 4 is 5.97 Å². The van der Waals surface area contributed by atoms with E-state index < -0.39 is 0 Å². The van der Waals surface area contributed by atoms with Crippen LogP contribution in [0.1, 0.15) is 50.3 Å². The standard InChI is InChI=1S/C16H25NO2/c1-5-6-7-15(16(18)19-4)17-13(3)14-10-8-12(2)9-11-14/h8-11,13,15,17H,5-7H2,1-4H3/t13-,15?/m0/s1. The fraction of sp³-hybridized carbons (Fsp3) is 0.562. The Hall–Kier alpha value is -1.35. The van der Waals surface area contributed by atoms with E-state index in [4.69, 9.17) is 4.74 Å². The molecule has 0 fully saturated rings. The molecule has 3 nitrogen and oxygen atoms in total. The summed E-state index contributed by atoms with van der Waals surface area (Å²) in [5.41, 5.74) is 2.43. The van der Waals surface area contributed by atoms with Crippen molar-refractivity contribution in [2.45, 2.75) is 52.1 Å². The molecule has 0 bridgehead atoms. The predicted molar refractivity (Wildman–Crippen MR) is 78.1 cm³/mol. The van der Waals surface area contributed by atoms with Crippen LogP contribution in [0.25, 0.3) is 0 Å². The SMILES string of the molecule is CCCCC(N[C@@H](C)c1ccc(C)cc1)C(=O)OC. The van der Waals surface area contributed by atoms with E-state index in [1.807, 2.05) is 0 Å². The number of hydrogen-bond acceptors (Lipinski definition) is 3. The quantitative estimate of drug-likeness (QED) is 0.766. The van der Waals surface area contributed by atoms with Gasteiger partial charge < -0.3 is 4.74 Å². The highest BCUT2D eigenvalue weighted by Gasteiger charge is 2.20. The number of methoxy groups -OCH3 is 1. The molecular weight excluding hydrogens is 238 g/mol. The highest BCUT2D eigenvalue weighted by molar-refractivity contribution is 5.75. The van der Waals surface area contributed by atoms with E-state index in [1.54, 1.807) is 0 Å². The van der Waals surface area contributed by atoms with Crippen molar-refractivity contribution in [1.29, 1.82) is 0 Å². The Kier molecular flexibility index (Phi) is 6.57. The predicted octanol–water partition coefficient (Wildman–Crippen LogP) is 3.38. The number of ether oxygens (including phenoxy) is 1. The summed E-state index contributed by atoms with van der Waals surface area (Å²) in [6.45, 7) is 6.27. The minimum atomic E-state index is -0.221. The van der Waals surface area contributed by atoms with Crippen LogP contribution in [0.5, 0.6) is 0 Å². The Bertz CT molecular complexity index is 386. The van der Waals surface area contributed by atoms with Crippen LogP contribution in [0.4, 0.5) is 0 Å². The van der Waals surface area contributed by atoms with Crippen molar-refractivity contribution in [3.8, 4) is 0 Å². The topological polar surface area (TPSA) is 38.3 Å². The van der Waals surface area contributed by atoms with Crippen molar-refractivity contribution in [1.82, 2.24) is 5.32 Å². The number of nitrogens with one attached hydrogen (secondary N) is 1. The molecule has 106 valence electrons. The van der Waals surface area contributed by atoms with E-state index >= 15 is 0 Å². The van der Waals surface area contributed by atoms with E-state index in [-0.39, 0.29) is 18.1 Å². The van der Waals surface area contributed by atoms with Gasteiger partial charge in [-0.2, -0.15) is 0 Å². The summed E-state index contributed by atoms with van der Waals surface area (Å²) in [4.78, 5) is 11.8. The molecule has 0 radical (unpaired) electrons. The molecule has 0 aliphatic heterocycles. The number of benzene rings is 1. The van der Waals surface area contributed by atoms with Gasteiger partial charge in [-0.15, -0.1) is 0 Å². The van der Waals surface area contributed by atoms with Crippen LogP contribution in [-0.4, -0.2) is 19.1 Å². The largest absolute Gasteiger partial charge is 0.468 e. The molecule has 1 N–H and O–H groups in total. The molecule has 1 aromatic carbocycles. The molecule has 0 aliphatic rings. The summed E-state index contributed by atoms with van der Waals surface area (Å²) in [6, 6.07) is 8.30. The van der Waals surface area contributed by atoms with Gasteiger partial charge >= 0.3 is 5.97 Å². The second-order valence-electron chi connectivity index (χ2n) is 5.02. The molecule has 1 aromatic rings. The van der Waals surface area contributed by atoms with E-state index in [2.05, 4.69) is 50.4 Å². The Morgan fingerprint density at radius 2 is 1.95 bits per heavy atom. The lowest BCUT2D eigenvalue weighted by atomic mass is 10.0. The third-order valence-electron chi connectivity index (χ3n) is 3.36. The first-order valence-electron chi connectivity index (χ1n) is 6.99. The van der Waals surface area contributed by atoms with Crippen LogP contribution in [0.15, 0.2) is 24.3 Å². The summed E-state index contributed by atoms with van der Waals surface area (Å²) in [7, 11) is 1.44. The highest BCUT2D eigenvalue weighted by atomic mass is 16.5. The molecule has 3 heteroatoms. The zero-order valence-electron chi connectivity index (χ0n) is 12.4. The zero-order chi connectivity index (χ0) is 14.3. The van der Waals surface area contributed by atoms with Crippen molar-refractivity contribution in [2.75, 3.05) is 7.11 Å². The molecular formula is C16H25NO2. The molecule has 19 heavy (non-hydrogen) atoms. The first-order chi connectivity index (χ1) is 9.08. The smallest absolute Gasteiger partial charge is 0.322 e. The third kappa shape index (κ3) is 5.03. The average molecular weight is 263 g/mol. The van der Waals surface area contributed by atoms with Gasteiger partial charge in [0.1, 0.15) is 6.04 Å². The molecule has 0 aromatic heterocycles. The fourth-order valence-electron chi connectivity index (χ4n) is 2.07. The number of carbonyl (C=O) groups is 1. The van der Waals surface area contributed by atoms with Gasteiger partial charge in [-0.1, -0.05) is 49.6 Å². The second kappa shape index (κ2) is 7.95. The molecule has 0 spiro atoms. The highest BCUT2D eigenvalue weighted by Crippen LogP contribution is 2.15. The van der Waals surface area contributed by atoms with Gasteiger partial charge in [0.05, 0.1) is 7.11 Å². The fourth-order valence-corrected chi connectivity index (χ4v) is 2.07. The van der Waals surface area contributed by atoms with E-state index in [0.717, 1.165) is 19.3 Å². The maximum atomic E-state index is 11.8. The lowest BCUT2D eigenvalue weighted by Crippen LogP contribution is -2.39. The maximum Gasteiger partial charge on any atom is 0.322 e. The molecule has 2 atom stereocenters. The molecule has 0 aliphatic carbocycles.